The molecule has 0 fully saturated rings. The molecule has 8 nitrogen and oxygen atoms in total. The normalized spacial score (nSPS) is 11.6. The minimum Gasteiger partial charge on any atom is -0.505 e. The summed E-state index contributed by atoms with van der Waals surface area (Å²) < 4.78 is 1.37. The average Bonchev–Trinajstić information content (AvgIpc) is 2.78. The molecule has 33 heavy (non-hydrogen) atoms. The molecule has 2 amide bonds. The first-order chi connectivity index (χ1) is 15.7. The summed E-state index contributed by atoms with van der Waals surface area (Å²) in [5, 5.41) is 24.7. The van der Waals surface area contributed by atoms with E-state index in [1.807, 2.05) is 43.3 Å². The van der Waals surface area contributed by atoms with E-state index in [0.717, 1.165) is 16.7 Å². The number of carboxylic acids is 1. The highest BCUT2D eigenvalue weighted by Crippen LogP contribution is 2.28. The third kappa shape index (κ3) is 5.41. The van der Waals surface area contributed by atoms with Crippen LogP contribution in [0.5, 0.6) is 5.75 Å². The predicted molar refractivity (Wildman–Crippen MR) is 127 cm³/mol. The van der Waals surface area contributed by atoms with E-state index in [4.69, 9.17) is 0 Å². The molecule has 1 aromatic heterocycles. The van der Waals surface area contributed by atoms with Gasteiger partial charge in [-0.05, 0) is 49.1 Å². The van der Waals surface area contributed by atoms with Crippen molar-refractivity contribution >= 4 is 17.7 Å². The fraction of sp³-hybridized carbons (Fsp3) is 0.240. The molecule has 1 atom stereocenters. The quantitative estimate of drug-likeness (QED) is 0.431. The first-order valence-corrected chi connectivity index (χ1v) is 10.6. The summed E-state index contributed by atoms with van der Waals surface area (Å²) in [4.78, 5) is 36.8. The number of carboxylic acid groups (broad SMARTS) is 1. The van der Waals surface area contributed by atoms with E-state index in [-0.39, 0.29) is 17.9 Å². The lowest BCUT2D eigenvalue weighted by Crippen LogP contribution is -2.36. The van der Waals surface area contributed by atoms with Gasteiger partial charge in [0.1, 0.15) is 5.75 Å². The van der Waals surface area contributed by atoms with E-state index in [2.05, 4.69) is 10.6 Å². The zero-order valence-electron chi connectivity index (χ0n) is 18.8. The molecule has 3 aromatic rings. The van der Waals surface area contributed by atoms with Gasteiger partial charge in [0.15, 0.2) is 5.69 Å². The number of pyridine rings is 1. The SMILES string of the molecule is CCn1cc(C)c(O)c(NC(=O)NC(CC(=O)O)c2cccc(-c3ccccc3C)c2)c1=O. The summed E-state index contributed by atoms with van der Waals surface area (Å²) in [7, 11) is 0. The van der Waals surface area contributed by atoms with Crippen LogP contribution in [0.4, 0.5) is 10.5 Å². The smallest absolute Gasteiger partial charge is 0.319 e. The van der Waals surface area contributed by atoms with E-state index in [1.54, 1.807) is 26.0 Å². The van der Waals surface area contributed by atoms with Crippen LogP contribution in [0, 0.1) is 13.8 Å². The number of carbonyl (C=O) groups excluding carboxylic acids is 1. The maximum Gasteiger partial charge on any atom is 0.319 e. The van der Waals surface area contributed by atoms with E-state index < -0.39 is 23.6 Å². The Bertz CT molecular complexity index is 1250. The summed E-state index contributed by atoms with van der Waals surface area (Å²) in [6, 6.07) is 13.5. The van der Waals surface area contributed by atoms with Crippen LogP contribution in [-0.4, -0.2) is 26.8 Å². The second-order valence-electron chi connectivity index (χ2n) is 7.82. The molecule has 0 radical (unpaired) electrons. The predicted octanol–water partition coefficient (Wildman–Crippen LogP) is 4.20. The van der Waals surface area contributed by atoms with Gasteiger partial charge in [-0.1, -0.05) is 42.5 Å². The van der Waals surface area contributed by atoms with Gasteiger partial charge in [0.2, 0.25) is 0 Å². The van der Waals surface area contributed by atoms with Crippen molar-refractivity contribution in [1.82, 2.24) is 9.88 Å². The van der Waals surface area contributed by atoms with Crippen molar-refractivity contribution in [3.63, 3.8) is 0 Å². The van der Waals surface area contributed by atoms with Crippen molar-refractivity contribution < 1.29 is 19.8 Å². The fourth-order valence-corrected chi connectivity index (χ4v) is 3.70. The third-order valence-corrected chi connectivity index (χ3v) is 5.44. The monoisotopic (exact) mass is 449 g/mol. The molecule has 1 heterocycles. The molecule has 0 saturated heterocycles. The second kappa shape index (κ2) is 10.0. The second-order valence-corrected chi connectivity index (χ2v) is 7.82. The molecule has 0 bridgehead atoms. The number of urea groups is 1. The highest BCUT2D eigenvalue weighted by Gasteiger charge is 2.21. The maximum absolute atomic E-state index is 12.7. The van der Waals surface area contributed by atoms with Crippen LogP contribution in [0.1, 0.15) is 36.1 Å². The van der Waals surface area contributed by atoms with E-state index >= 15 is 0 Å². The highest BCUT2D eigenvalue weighted by molar-refractivity contribution is 5.91. The lowest BCUT2D eigenvalue weighted by Gasteiger charge is -2.20. The molecule has 8 heteroatoms. The minimum atomic E-state index is -1.09. The summed E-state index contributed by atoms with van der Waals surface area (Å²) in [5.74, 6) is -1.41. The molecule has 3 rings (SSSR count). The zero-order chi connectivity index (χ0) is 24.1. The van der Waals surface area contributed by atoms with Gasteiger partial charge >= 0.3 is 12.0 Å². The zero-order valence-corrected chi connectivity index (χ0v) is 18.8. The van der Waals surface area contributed by atoms with Crippen molar-refractivity contribution in [2.24, 2.45) is 0 Å². The van der Waals surface area contributed by atoms with Gasteiger partial charge in [-0.3, -0.25) is 9.59 Å². The van der Waals surface area contributed by atoms with E-state index in [0.29, 0.717) is 17.7 Å². The van der Waals surface area contributed by atoms with Crippen LogP contribution in [-0.2, 0) is 11.3 Å². The molecular formula is C25H27N3O5. The van der Waals surface area contributed by atoms with Gasteiger partial charge in [0, 0.05) is 18.3 Å². The molecule has 2 aromatic carbocycles. The number of hydrogen-bond acceptors (Lipinski definition) is 4. The van der Waals surface area contributed by atoms with Gasteiger partial charge in [-0.2, -0.15) is 0 Å². The Morgan fingerprint density at radius 2 is 1.79 bits per heavy atom. The van der Waals surface area contributed by atoms with Crippen LogP contribution in [0.25, 0.3) is 11.1 Å². The molecule has 0 saturated carbocycles. The summed E-state index contributed by atoms with van der Waals surface area (Å²) in [5.41, 5.74) is 3.20. The number of aliphatic carboxylic acids is 1. The number of benzene rings is 2. The van der Waals surface area contributed by atoms with Gasteiger partial charge < -0.3 is 25.4 Å². The minimum absolute atomic E-state index is 0.253. The van der Waals surface area contributed by atoms with Crippen molar-refractivity contribution in [1.29, 1.82) is 0 Å². The Morgan fingerprint density at radius 3 is 2.45 bits per heavy atom. The number of amides is 2. The van der Waals surface area contributed by atoms with Gasteiger partial charge in [-0.15, -0.1) is 0 Å². The number of anilines is 1. The molecule has 1 unspecified atom stereocenters. The first-order valence-electron chi connectivity index (χ1n) is 10.6. The fourth-order valence-electron chi connectivity index (χ4n) is 3.70. The Kier molecular flexibility index (Phi) is 7.17. The van der Waals surface area contributed by atoms with Crippen molar-refractivity contribution in [2.75, 3.05) is 5.32 Å². The highest BCUT2D eigenvalue weighted by atomic mass is 16.4. The number of hydrogen-bond donors (Lipinski definition) is 4. The number of aromatic nitrogens is 1. The molecule has 4 N–H and O–H groups in total. The number of carbonyl (C=O) groups is 2. The Morgan fingerprint density at radius 1 is 1.06 bits per heavy atom. The van der Waals surface area contributed by atoms with Crippen LogP contribution in [0.3, 0.4) is 0 Å². The maximum atomic E-state index is 12.7. The third-order valence-electron chi connectivity index (χ3n) is 5.44. The number of nitrogens with one attached hydrogen (secondary N) is 2. The topological polar surface area (TPSA) is 121 Å². The average molecular weight is 450 g/mol. The number of aryl methyl sites for hydroxylation is 3. The number of aromatic hydroxyl groups is 1. The van der Waals surface area contributed by atoms with Gasteiger partial charge in [0.25, 0.3) is 5.56 Å². The molecule has 0 aliphatic rings. The molecule has 0 spiro atoms. The standard InChI is InChI=1S/C25H27N3O5/c1-4-28-14-16(3)23(31)22(24(28)32)27-25(33)26-20(13-21(29)30)18-10-7-9-17(12-18)19-11-6-5-8-15(19)2/h5-12,14,20,31H,4,13H2,1-3H3,(H,29,30)(H2,26,27,33). The Labute approximate surface area is 191 Å². The van der Waals surface area contributed by atoms with E-state index in [1.165, 1.54) is 10.8 Å². The Hall–Kier alpha value is -4.07. The summed E-state index contributed by atoms with van der Waals surface area (Å²) in [6.45, 7) is 5.74. The molecule has 0 aliphatic heterocycles. The van der Waals surface area contributed by atoms with Crippen LogP contribution in [0.15, 0.2) is 59.5 Å². The lowest BCUT2D eigenvalue weighted by atomic mass is 9.95. The molecule has 172 valence electrons. The van der Waals surface area contributed by atoms with Gasteiger partial charge in [-0.25, -0.2) is 4.79 Å². The Balaban J connectivity index is 1.90. The van der Waals surface area contributed by atoms with Crippen LogP contribution >= 0.6 is 0 Å². The summed E-state index contributed by atoms with van der Waals surface area (Å²) >= 11 is 0. The van der Waals surface area contributed by atoms with Crippen LogP contribution in [0.2, 0.25) is 0 Å². The molecule has 0 aliphatic carbocycles. The molecular weight excluding hydrogens is 422 g/mol. The largest absolute Gasteiger partial charge is 0.505 e. The van der Waals surface area contributed by atoms with Crippen molar-refractivity contribution in [2.45, 2.75) is 39.8 Å². The van der Waals surface area contributed by atoms with Crippen molar-refractivity contribution in [3.05, 3.63) is 81.8 Å². The summed E-state index contributed by atoms with van der Waals surface area (Å²) in [6.07, 6.45) is 1.15. The van der Waals surface area contributed by atoms with E-state index in [9.17, 15) is 24.6 Å². The lowest BCUT2D eigenvalue weighted by molar-refractivity contribution is -0.137. The number of nitrogens with zero attached hydrogens (tertiary/aromatic N) is 1. The van der Waals surface area contributed by atoms with Crippen molar-refractivity contribution in [3.8, 4) is 16.9 Å². The van der Waals surface area contributed by atoms with Crippen LogP contribution < -0.4 is 16.2 Å². The van der Waals surface area contributed by atoms with Gasteiger partial charge in [0.05, 0.1) is 12.5 Å². The number of rotatable bonds is 7. The first kappa shape index (κ1) is 23.6.